The van der Waals surface area contributed by atoms with Crippen molar-refractivity contribution in [1.82, 2.24) is 0 Å². The number of hydrogen-bond donors (Lipinski definition) is 4. The Hall–Kier alpha value is -1.37. The third-order valence-electron chi connectivity index (χ3n) is 5.04. The van der Waals surface area contributed by atoms with Crippen molar-refractivity contribution in [3.05, 3.63) is 53.6 Å². The summed E-state index contributed by atoms with van der Waals surface area (Å²) in [7, 11) is 0. The smallest absolute Gasteiger partial charge is 0.120 e. The Kier molecular flexibility index (Phi) is 10.0. The van der Waals surface area contributed by atoms with Crippen LogP contribution in [0.4, 0.5) is 0 Å². The molecule has 6 heteroatoms. The average molecular weight is 411 g/mol. The van der Waals surface area contributed by atoms with Gasteiger partial charge in [0.05, 0.1) is 12.2 Å². The molecule has 1 fully saturated rings. The van der Waals surface area contributed by atoms with Gasteiger partial charge in [0.25, 0.3) is 0 Å². The zero-order chi connectivity index (χ0) is 20.4. The Labute approximate surface area is 171 Å². The second-order valence-electron chi connectivity index (χ2n) is 7.26. The lowest BCUT2D eigenvalue weighted by Gasteiger charge is -2.19. The third kappa shape index (κ3) is 7.57. The van der Waals surface area contributed by atoms with Crippen molar-refractivity contribution in [2.45, 2.75) is 50.4 Å². The van der Waals surface area contributed by atoms with Crippen molar-refractivity contribution in [1.29, 1.82) is 0 Å². The van der Waals surface area contributed by atoms with Crippen LogP contribution < -0.4 is 4.74 Å². The summed E-state index contributed by atoms with van der Waals surface area (Å²) in [6.45, 7) is 0.287. The van der Waals surface area contributed by atoms with E-state index in [1.807, 2.05) is 6.08 Å². The van der Waals surface area contributed by atoms with E-state index in [0.717, 1.165) is 19.3 Å². The van der Waals surface area contributed by atoms with E-state index < -0.39 is 18.3 Å². The molecule has 0 amide bonds. The first-order chi connectivity index (χ1) is 13.5. The number of aliphatic hydroxyl groups excluding tert-OH is 4. The predicted molar refractivity (Wildman–Crippen MR) is 110 cm³/mol. The number of aliphatic hydroxyl groups is 4. The van der Waals surface area contributed by atoms with Crippen molar-refractivity contribution in [2.75, 3.05) is 13.2 Å². The van der Waals surface area contributed by atoms with Gasteiger partial charge in [0.1, 0.15) is 18.5 Å². The summed E-state index contributed by atoms with van der Waals surface area (Å²) in [6.07, 6.45) is 9.11. The third-order valence-corrected chi connectivity index (χ3v) is 5.28. The minimum absolute atomic E-state index is 0.0810. The van der Waals surface area contributed by atoms with E-state index in [9.17, 15) is 15.3 Å². The molecule has 4 N–H and O–H groups in total. The van der Waals surface area contributed by atoms with E-state index in [1.54, 1.807) is 36.4 Å². The zero-order valence-corrected chi connectivity index (χ0v) is 16.8. The molecule has 0 unspecified atom stereocenters. The summed E-state index contributed by atoms with van der Waals surface area (Å²) in [5.74, 6) is 0.291. The minimum atomic E-state index is -0.821. The van der Waals surface area contributed by atoms with Gasteiger partial charge in [-0.25, -0.2) is 0 Å². The van der Waals surface area contributed by atoms with Crippen LogP contribution in [-0.4, -0.2) is 52.0 Å². The van der Waals surface area contributed by atoms with Crippen molar-refractivity contribution in [3.63, 3.8) is 0 Å². The van der Waals surface area contributed by atoms with Gasteiger partial charge in [-0.05, 0) is 49.8 Å². The maximum atomic E-state index is 10.3. The second kappa shape index (κ2) is 12.2. The van der Waals surface area contributed by atoms with Crippen LogP contribution >= 0.6 is 11.6 Å². The van der Waals surface area contributed by atoms with E-state index in [-0.39, 0.29) is 25.0 Å². The average Bonchev–Trinajstić information content (AvgIpc) is 2.94. The van der Waals surface area contributed by atoms with Crippen LogP contribution in [0.2, 0.25) is 5.02 Å². The molecule has 1 aliphatic rings. The van der Waals surface area contributed by atoms with Crippen LogP contribution in [-0.2, 0) is 0 Å². The van der Waals surface area contributed by atoms with Crippen LogP contribution in [0.15, 0.2) is 48.6 Å². The molecule has 0 aromatic heterocycles. The Balaban J connectivity index is 1.84. The van der Waals surface area contributed by atoms with Crippen molar-refractivity contribution < 1.29 is 25.2 Å². The summed E-state index contributed by atoms with van der Waals surface area (Å²) < 4.78 is 5.52. The number of hydrogen-bond acceptors (Lipinski definition) is 5. The number of allylic oxidation sites excluding steroid dienone is 2. The normalized spacial score (nSPS) is 26.3. The molecule has 0 bridgehead atoms. The van der Waals surface area contributed by atoms with Gasteiger partial charge in [0.2, 0.25) is 0 Å². The molecule has 28 heavy (non-hydrogen) atoms. The van der Waals surface area contributed by atoms with Crippen LogP contribution in [0.1, 0.15) is 32.1 Å². The number of unbranched alkanes of at least 4 members (excludes halogenated alkanes) is 2. The first-order valence-electron chi connectivity index (χ1n) is 9.88. The maximum absolute atomic E-state index is 10.3. The Bertz CT molecular complexity index is 633. The SMILES string of the molecule is OCCCCC=CC[C@@H]1[C@@H](C=C[C@@H](O)COc2cccc(Cl)c2)[C@H](O)C[C@@H]1O. The van der Waals surface area contributed by atoms with Crippen LogP contribution in [0.25, 0.3) is 0 Å². The molecule has 156 valence electrons. The van der Waals surface area contributed by atoms with Crippen LogP contribution in [0, 0.1) is 11.8 Å². The van der Waals surface area contributed by atoms with E-state index in [1.165, 1.54) is 0 Å². The summed E-state index contributed by atoms with van der Waals surface area (Å²) in [5.41, 5.74) is 0. The summed E-state index contributed by atoms with van der Waals surface area (Å²) in [4.78, 5) is 0. The van der Waals surface area contributed by atoms with Crippen molar-refractivity contribution in [2.24, 2.45) is 11.8 Å². The van der Waals surface area contributed by atoms with Crippen LogP contribution in [0.5, 0.6) is 5.75 Å². The highest BCUT2D eigenvalue weighted by molar-refractivity contribution is 6.30. The Morgan fingerprint density at radius 2 is 2.00 bits per heavy atom. The standard InChI is InChI=1S/C22H31ClO5/c23-16-7-6-8-18(13-16)28-15-17(25)10-11-20-19(21(26)14-22(20)27)9-4-2-1-3-5-12-24/h2,4,6-8,10-11,13,17,19-22,24-27H,1,3,5,9,12,14-15H2/t17-,19-,20-,21+,22-/m1/s1. The molecule has 0 aliphatic heterocycles. The fourth-order valence-corrected chi connectivity index (χ4v) is 3.68. The van der Waals surface area contributed by atoms with E-state index >= 15 is 0 Å². The van der Waals surface area contributed by atoms with Gasteiger partial charge in [-0.3, -0.25) is 0 Å². The number of rotatable bonds is 11. The predicted octanol–water partition coefficient (Wildman–Crippen LogP) is 3.10. The van der Waals surface area contributed by atoms with E-state index in [0.29, 0.717) is 23.6 Å². The minimum Gasteiger partial charge on any atom is -0.491 e. The maximum Gasteiger partial charge on any atom is 0.120 e. The molecular formula is C22H31ClO5. The van der Waals surface area contributed by atoms with Crippen molar-refractivity contribution in [3.8, 4) is 5.75 Å². The molecule has 1 aromatic rings. The molecule has 1 aliphatic carbocycles. The highest BCUT2D eigenvalue weighted by Crippen LogP contribution is 2.36. The quantitative estimate of drug-likeness (QED) is 0.332. The van der Waals surface area contributed by atoms with Gasteiger partial charge in [-0.1, -0.05) is 42.0 Å². The molecule has 2 rings (SSSR count). The first-order valence-corrected chi connectivity index (χ1v) is 10.3. The largest absolute Gasteiger partial charge is 0.491 e. The molecular weight excluding hydrogens is 380 g/mol. The van der Waals surface area contributed by atoms with Gasteiger partial charge in [-0.15, -0.1) is 0 Å². The van der Waals surface area contributed by atoms with Crippen molar-refractivity contribution >= 4 is 11.6 Å². The lowest BCUT2D eigenvalue weighted by atomic mass is 9.89. The molecule has 0 spiro atoms. The van der Waals surface area contributed by atoms with Gasteiger partial charge < -0.3 is 25.2 Å². The van der Waals surface area contributed by atoms with Gasteiger partial charge in [0.15, 0.2) is 0 Å². The van der Waals surface area contributed by atoms with Gasteiger partial charge in [-0.2, -0.15) is 0 Å². The number of ether oxygens (including phenoxy) is 1. The Morgan fingerprint density at radius 3 is 2.75 bits per heavy atom. The fourth-order valence-electron chi connectivity index (χ4n) is 3.50. The molecule has 0 saturated heterocycles. The summed E-state index contributed by atoms with van der Waals surface area (Å²) in [5, 5.41) is 40.0. The Morgan fingerprint density at radius 1 is 1.18 bits per heavy atom. The monoisotopic (exact) mass is 410 g/mol. The molecule has 5 nitrogen and oxygen atoms in total. The van der Waals surface area contributed by atoms with E-state index in [2.05, 4.69) is 6.08 Å². The van der Waals surface area contributed by atoms with Crippen LogP contribution in [0.3, 0.4) is 0 Å². The zero-order valence-electron chi connectivity index (χ0n) is 16.0. The molecule has 1 saturated carbocycles. The van der Waals surface area contributed by atoms with E-state index in [4.69, 9.17) is 21.4 Å². The topological polar surface area (TPSA) is 90.2 Å². The fraction of sp³-hybridized carbons (Fsp3) is 0.545. The summed E-state index contributed by atoms with van der Waals surface area (Å²) in [6, 6.07) is 6.97. The molecule has 5 atom stereocenters. The molecule has 0 radical (unpaired) electrons. The van der Waals surface area contributed by atoms with Gasteiger partial charge >= 0.3 is 0 Å². The van der Waals surface area contributed by atoms with Gasteiger partial charge in [0, 0.05) is 24.0 Å². The first kappa shape index (κ1) is 22.9. The lowest BCUT2D eigenvalue weighted by molar-refractivity contribution is 0.120. The highest BCUT2D eigenvalue weighted by atomic mass is 35.5. The molecule has 1 aromatic carbocycles. The molecule has 0 heterocycles. The lowest BCUT2D eigenvalue weighted by Crippen LogP contribution is -2.21. The number of benzene rings is 1. The second-order valence-corrected chi connectivity index (χ2v) is 7.70. The highest BCUT2D eigenvalue weighted by Gasteiger charge is 2.39. The number of halogens is 1. The summed E-state index contributed by atoms with van der Waals surface area (Å²) >= 11 is 5.91.